The molecule has 27 heavy (non-hydrogen) atoms. The average molecular weight is 377 g/mol. The zero-order chi connectivity index (χ0) is 18.8. The average Bonchev–Trinajstić information content (AvgIpc) is 3.16. The van der Waals surface area contributed by atoms with Crippen molar-refractivity contribution in [3.05, 3.63) is 60.0 Å². The lowest BCUT2D eigenvalue weighted by molar-refractivity contribution is -0.313. The second-order valence-electron chi connectivity index (χ2n) is 6.56. The SMILES string of the molecule is O=C([O-])[C@@H]1CC=CC[C@H]1C(=O)Nc1nc(-c2ccc3ccccc3c2)cs1. The monoisotopic (exact) mass is 377 g/mol. The van der Waals surface area contributed by atoms with Crippen LogP contribution >= 0.6 is 11.3 Å². The number of carbonyl (C=O) groups excluding carboxylic acids is 2. The number of hydrogen-bond donors (Lipinski definition) is 1. The van der Waals surface area contributed by atoms with E-state index in [1.165, 1.54) is 11.3 Å². The molecular weight excluding hydrogens is 360 g/mol. The molecule has 1 aliphatic rings. The number of carbonyl (C=O) groups is 2. The smallest absolute Gasteiger partial charge is 0.230 e. The Labute approximate surface area is 160 Å². The van der Waals surface area contributed by atoms with Gasteiger partial charge in [0, 0.05) is 22.8 Å². The molecule has 0 fully saturated rings. The van der Waals surface area contributed by atoms with Gasteiger partial charge in [-0.25, -0.2) is 4.98 Å². The molecule has 3 aromatic rings. The number of rotatable bonds is 4. The highest BCUT2D eigenvalue weighted by molar-refractivity contribution is 7.14. The highest BCUT2D eigenvalue weighted by atomic mass is 32.1. The van der Waals surface area contributed by atoms with Gasteiger partial charge in [0.1, 0.15) is 0 Å². The molecule has 1 amide bonds. The standard InChI is InChI=1S/C21H18N2O3S/c24-19(16-7-3-4-8-17(16)20(25)26)23-21-22-18(12-27-21)15-10-9-13-5-1-2-6-14(13)11-15/h1-6,9-12,16-17H,7-8H2,(H,25,26)(H,22,23,24)/p-1/t16-,17-/m1/s1. The summed E-state index contributed by atoms with van der Waals surface area (Å²) in [6, 6.07) is 14.2. The maximum atomic E-state index is 12.5. The normalized spacial score (nSPS) is 19.1. The van der Waals surface area contributed by atoms with E-state index in [0.717, 1.165) is 22.0 Å². The zero-order valence-corrected chi connectivity index (χ0v) is 15.2. The number of benzene rings is 2. The summed E-state index contributed by atoms with van der Waals surface area (Å²) in [5.74, 6) is -2.94. The van der Waals surface area contributed by atoms with Crippen molar-refractivity contribution >= 4 is 39.1 Å². The van der Waals surface area contributed by atoms with Crippen LogP contribution in [-0.2, 0) is 9.59 Å². The molecular formula is C21H17N2O3S-. The number of amides is 1. The van der Waals surface area contributed by atoms with Crippen molar-refractivity contribution in [2.75, 3.05) is 5.32 Å². The largest absolute Gasteiger partial charge is 0.550 e. The summed E-state index contributed by atoms with van der Waals surface area (Å²) in [5, 5.41) is 18.7. The van der Waals surface area contributed by atoms with Crippen molar-refractivity contribution in [2.24, 2.45) is 11.8 Å². The van der Waals surface area contributed by atoms with Crippen LogP contribution in [-0.4, -0.2) is 16.9 Å². The van der Waals surface area contributed by atoms with Gasteiger partial charge in [-0.2, -0.15) is 0 Å². The predicted molar refractivity (Wildman–Crippen MR) is 104 cm³/mol. The molecule has 0 saturated heterocycles. The third kappa shape index (κ3) is 3.61. The summed E-state index contributed by atoms with van der Waals surface area (Å²) < 4.78 is 0. The van der Waals surface area contributed by atoms with Gasteiger partial charge in [0.2, 0.25) is 5.91 Å². The number of nitrogens with zero attached hydrogens (tertiary/aromatic N) is 1. The third-order valence-corrected chi connectivity index (χ3v) is 5.61. The first-order valence-electron chi connectivity index (χ1n) is 8.73. The van der Waals surface area contributed by atoms with Gasteiger partial charge in [0.15, 0.2) is 5.13 Å². The molecule has 0 bridgehead atoms. The highest BCUT2D eigenvalue weighted by Gasteiger charge is 2.30. The Kier molecular flexibility index (Phi) is 4.73. The van der Waals surface area contributed by atoms with Gasteiger partial charge < -0.3 is 15.2 Å². The molecule has 4 rings (SSSR count). The van der Waals surface area contributed by atoms with Crippen molar-refractivity contribution in [1.29, 1.82) is 0 Å². The molecule has 1 aromatic heterocycles. The fraction of sp³-hybridized carbons (Fsp3) is 0.190. The first-order chi connectivity index (χ1) is 13.1. The molecule has 0 saturated carbocycles. The highest BCUT2D eigenvalue weighted by Crippen LogP contribution is 2.30. The number of nitrogens with one attached hydrogen (secondary N) is 1. The molecule has 0 unspecified atom stereocenters. The Balaban J connectivity index is 1.52. The predicted octanol–water partition coefficient (Wildman–Crippen LogP) is 3.23. The summed E-state index contributed by atoms with van der Waals surface area (Å²) in [7, 11) is 0. The first-order valence-corrected chi connectivity index (χ1v) is 9.61. The number of carboxylic acid groups (broad SMARTS) is 1. The van der Waals surface area contributed by atoms with Crippen LogP contribution in [0.2, 0.25) is 0 Å². The Bertz CT molecular complexity index is 1040. The van der Waals surface area contributed by atoms with E-state index in [0.29, 0.717) is 18.0 Å². The van der Waals surface area contributed by atoms with Gasteiger partial charge in [0.25, 0.3) is 0 Å². The lowest BCUT2D eigenvalue weighted by atomic mass is 9.82. The van der Waals surface area contributed by atoms with Gasteiger partial charge in [-0.15, -0.1) is 11.3 Å². The second kappa shape index (κ2) is 7.32. The van der Waals surface area contributed by atoms with Gasteiger partial charge >= 0.3 is 0 Å². The summed E-state index contributed by atoms with van der Waals surface area (Å²) in [6.45, 7) is 0. The Morgan fingerprint density at radius 1 is 1.04 bits per heavy atom. The van der Waals surface area contributed by atoms with E-state index in [-0.39, 0.29) is 5.91 Å². The Morgan fingerprint density at radius 3 is 2.56 bits per heavy atom. The van der Waals surface area contributed by atoms with Crippen molar-refractivity contribution in [2.45, 2.75) is 12.8 Å². The Morgan fingerprint density at radius 2 is 1.78 bits per heavy atom. The number of carboxylic acids is 1. The molecule has 0 spiro atoms. The van der Waals surface area contributed by atoms with E-state index in [1.54, 1.807) is 6.08 Å². The van der Waals surface area contributed by atoms with Crippen LogP contribution in [0.5, 0.6) is 0 Å². The summed E-state index contributed by atoms with van der Waals surface area (Å²) >= 11 is 1.33. The van der Waals surface area contributed by atoms with E-state index >= 15 is 0 Å². The Hall–Kier alpha value is -2.99. The van der Waals surface area contributed by atoms with Gasteiger partial charge in [-0.05, 0) is 29.7 Å². The van der Waals surface area contributed by atoms with Gasteiger partial charge in [0.05, 0.1) is 11.6 Å². The summed E-state index contributed by atoms with van der Waals surface area (Å²) in [5.41, 5.74) is 1.75. The lowest BCUT2D eigenvalue weighted by Gasteiger charge is -2.27. The third-order valence-electron chi connectivity index (χ3n) is 4.85. The van der Waals surface area contributed by atoms with Crippen molar-refractivity contribution < 1.29 is 14.7 Å². The zero-order valence-electron chi connectivity index (χ0n) is 14.4. The number of aliphatic carboxylic acids is 1. The van der Waals surface area contributed by atoms with Gasteiger partial charge in [-0.3, -0.25) is 4.79 Å². The van der Waals surface area contributed by atoms with E-state index in [9.17, 15) is 14.7 Å². The van der Waals surface area contributed by atoms with Crippen LogP contribution in [0.1, 0.15) is 12.8 Å². The van der Waals surface area contributed by atoms with E-state index in [2.05, 4.69) is 22.4 Å². The quantitative estimate of drug-likeness (QED) is 0.708. The minimum atomic E-state index is -1.18. The van der Waals surface area contributed by atoms with Crippen LogP contribution < -0.4 is 10.4 Å². The minimum absolute atomic E-state index is 0.320. The van der Waals surface area contributed by atoms with E-state index in [1.807, 2.05) is 41.8 Å². The number of fused-ring (bicyclic) bond motifs is 1. The topological polar surface area (TPSA) is 82.1 Å². The maximum Gasteiger partial charge on any atom is 0.230 e. The summed E-state index contributed by atoms with van der Waals surface area (Å²) in [4.78, 5) is 28.3. The lowest BCUT2D eigenvalue weighted by Crippen LogP contribution is -2.41. The van der Waals surface area contributed by atoms with Crippen LogP contribution in [0.15, 0.2) is 60.0 Å². The van der Waals surface area contributed by atoms with E-state index < -0.39 is 17.8 Å². The van der Waals surface area contributed by atoms with Crippen LogP contribution in [0, 0.1) is 11.8 Å². The van der Waals surface area contributed by atoms with Crippen LogP contribution in [0.25, 0.3) is 22.0 Å². The molecule has 0 aliphatic heterocycles. The molecule has 5 nitrogen and oxygen atoms in total. The number of allylic oxidation sites excluding steroid dienone is 2. The van der Waals surface area contributed by atoms with Crippen molar-refractivity contribution in [1.82, 2.24) is 4.98 Å². The fourth-order valence-electron chi connectivity index (χ4n) is 3.37. The molecule has 0 radical (unpaired) electrons. The molecule has 136 valence electrons. The molecule has 1 heterocycles. The fourth-order valence-corrected chi connectivity index (χ4v) is 4.10. The van der Waals surface area contributed by atoms with Crippen LogP contribution in [0.3, 0.4) is 0 Å². The molecule has 6 heteroatoms. The number of anilines is 1. The van der Waals surface area contributed by atoms with Crippen molar-refractivity contribution in [3.8, 4) is 11.3 Å². The minimum Gasteiger partial charge on any atom is -0.550 e. The maximum absolute atomic E-state index is 12.5. The van der Waals surface area contributed by atoms with Crippen molar-refractivity contribution in [3.63, 3.8) is 0 Å². The molecule has 2 aromatic carbocycles. The molecule has 1 aliphatic carbocycles. The summed E-state index contributed by atoms with van der Waals surface area (Å²) in [6.07, 6.45) is 4.34. The molecule has 1 N–H and O–H groups in total. The van der Waals surface area contributed by atoms with Gasteiger partial charge in [-0.1, -0.05) is 48.6 Å². The number of hydrogen-bond acceptors (Lipinski definition) is 5. The molecule has 2 atom stereocenters. The first kappa shape index (κ1) is 17.4. The second-order valence-corrected chi connectivity index (χ2v) is 7.42. The number of thiazole rings is 1. The van der Waals surface area contributed by atoms with Crippen LogP contribution in [0.4, 0.5) is 5.13 Å². The number of aromatic nitrogens is 1. The van der Waals surface area contributed by atoms with E-state index in [4.69, 9.17) is 0 Å².